The molecule has 1 fully saturated rings. The van der Waals surface area contributed by atoms with Crippen LogP contribution in [0.2, 0.25) is 0 Å². The molecule has 43 heavy (non-hydrogen) atoms. The highest BCUT2D eigenvalue weighted by Gasteiger charge is 2.26. The van der Waals surface area contributed by atoms with Gasteiger partial charge in [-0.15, -0.1) is 0 Å². The van der Waals surface area contributed by atoms with Crippen LogP contribution in [0.15, 0.2) is 65.2 Å². The van der Waals surface area contributed by atoms with E-state index in [-0.39, 0.29) is 5.91 Å². The van der Waals surface area contributed by atoms with Gasteiger partial charge >= 0.3 is 0 Å². The summed E-state index contributed by atoms with van der Waals surface area (Å²) in [4.78, 5) is 26.5. The SMILES string of the molecule is Cc1cnc(Nc2ccc(OCCCN3CCOCC3)cc2)nc1-c1cc2c(o1)CN(C(=O)c1ccc(C#N)cc1)CC2. The first-order valence-corrected chi connectivity index (χ1v) is 14.6. The van der Waals surface area contributed by atoms with Gasteiger partial charge in [-0.2, -0.15) is 5.26 Å². The number of morpholine rings is 1. The van der Waals surface area contributed by atoms with E-state index in [2.05, 4.69) is 21.3 Å². The number of amides is 1. The summed E-state index contributed by atoms with van der Waals surface area (Å²) in [5.74, 6) is 2.62. The molecule has 2 aliphatic rings. The smallest absolute Gasteiger partial charge is 0.254 e. The van der Waals surface area contributed by atoms with E-state index in [1.165, 1.54) is 0 Å². The summed E-state index contributed by atoms with van der Waals surface area (Å²) in [5, 5.41) is 12.3. The van der Waals surface area contributed by atoms with Crippen LogP contribution in [-0.4, -0.2) is 71.7 Å². The van der Waals surface area contributed by atoms with E-state index < -0.39 is 0 Å². The number of aromatic nitrogens is 2. The lowest BCUT2D eigenvalue weighted by molar-refractivity contribution is 0.0358. The molecule has 0 unspecified atom stereocenters. The number of nitrogens with zero attached hydrogens (tertiary/aromatic N) is 5. The minimum Gasteiger partial charge on any atom is -0.494 e. The molecule has 0 radical (unpaired) electrons. The van der Waals surface area contributed by atoms with E-state index in [1.807, 2.05) is 37.3 Å². The molecule has 220 valence electrons. The van der Waals surface area contributed by atoms with Crippen LogP contribution >= 0.6 is 0 Å². The quantitative estimate of drug-likeness (QED) is 0.275. The van der Waals surface area contributed by atoms with Gasteiger partial charge in [-0.1, -0.05) is 0 Å². The third kappa shape index (κ3) is 6.85. The molecule has 0 saturated carbocycles. The minimum absolute atomic E-state index is 0.0813. The molecular formula is C33H34N6O4. The molecule has 4 heterocycles. The van der Waals surface area contributed by atoms with Crippen LogP contribution in [0.1, 0.15) is 39.2 Å². The van der Waals surface area contributed by atoms with Gasteiger partial charge in [0.2, 0.25) is 5.95 Å². The summed E-state index contributed by atoms with van der Waals surface area (Å²) in [6.07, 6.45) is 3.44. The zero-order valence-electron chi connectivity index (χ0n) is 24.2. The average Bonchev–Trinajstić information content (AvgIpc) is 3.48. The predicted molar refractivity (Wildman–Crippen MR) is 161 cm³/mol. The lowest BCUT2D eigenvalue weighted by Gasteiger charge is -2.26. The maximum absolute atomic E-state index is 13.1. The molecule has 1 amide bonds. The topological polar surface area (TPSA) is 117 Å². The highest BCUT2D eigenvalue weighted by Crippen LogP contribution is 2.31. The highest BCUT2D eigenvalue weighted by atomic mass is 16.5. The number of benzene rings is 2. The van der Waals surface area contributed by atoms with Crippen molar-refractivity contribution in [2.45, 2.75) is 26.3 Å². The van der Waals surface area contributed by atoms with Gasteiger partial charge in [0.05, 0.1) is 38.0 Å². The minimum atomic E-state index is -0.0813. The molecule has 0 aliphatic carbocycles. The lowest BCUT2D eigenvalue weighted by Crippen LogP contribution is -2.37. The highest BCUT2D eigenvalue weighted by molar-refractivity contribution is 5.94. The molecule has 10 nitrogen and oxygen atoms in total. The van der Waals surface area contributed by atoms with Crippen molar-refractivity contribution in [3.05, 3.63) is 88.8 Å². The number of fused-ring (bicyclic) bond motifs is 1. The summed E-state index contributed by atoms with van der Waals surface area (Å²) in [6, 6.07) is 18.6. The fourth-order valence-corrected chi connectivity index (χ4v) is 5.30. The second-order valence-corrected chi connectivity index (χ2v) is 10.8. The normalized spacial score (nSPS) is 15.0. The standard InChI is InChI=1S/C33H34N6O4/c1-23-21-35-33(36-27-7-9-28(10-8-27)42-16-2-12-38-14-17-41-18-15-38)37-31(23)29-19-26-11-13-39(22-30(26)43-29)32(40)25-5-3-24(20-34)4-6-25/h3-10,19,21H,2,11-18,22H2,1H3,(H,35,36,37). The predicted octanol–water partition coefficient (Wildman–Crippen LogP) is 4.96. The Kier molecular flexibility index (Phi) is 8.63. The fourth-order valence-electron chi connectivity index (χ4n) is 5.30. The van der Waals surface area contributed by atoms with Crippen LogP contribution in [0.3, 0.4) is 0 Å². The van der Waals surface area contributed by atoms with E-state index in [0.29, 0.717) is 54.6 Å². The summed E-state index contributed by atoms with van der Waals surface area (Å²) in [6.45, 7) is 8.22. The van der Waals surface area contributed by atoms with Gasteiger partial charge in [0.1, 0.15) is 17.2 Å². The van der Waals surface area contributed by atoms with Crippen molar-refractivity contribution >= 4 is 17.5 Å². The van der Waals surface area contributed by atoms with Crippen molar-refractivity contribution in [2.75, 3.05) is 51.3 Å². The average molecular weight is 579 g/mol. The third-order valence-electron chi connectivity index (χ3n) is 7.74. The van der Waals surface area contributed by atoms with Gasteiger partial charge in [0, 0.05) is 43.6 Å². The first-order chi connectivity index (χ1) is 21.1. The Labute approximate surface area is 250 Å². The van der Waals surface area contributed by atoms with Gasteiger partial charge in [-0.25, -0.2) is 9.97 Å². The molecular weight excluding hydrogens is 544 g/mol. The number of nitriles is 1. The Morgan fingerprint density at radius 3 is 2.65 bits per heavy atom. The van der Waals surface area contributed by atoms with E-state index in [0.717, 1.165) is 67.6 Å². The summed E-state index contributed by atoms with van der Waals surface area (Å²) in [5.41, 5.74) is 4.61. The number of hydrogen-bond acceptors (Lipinski definition) is 9. The molecule has 10 heteroatoms. The first kappa shape index (κ1) is 28.4. The maximum atomic E-state index is 13.1. The summed E-state index contributed by atoms with van der Waals surface area (Å²) < 4.78 is 17.6. The third-order valence-corrected chi connectivity index (χ3v) is 7.74. The number of carbonyl (C=O) groups is 1. The Morgan fingerprint density at radius 2 is 1.88 bits per heavy atom. The Hall–Kier alpha value is -4.72. The van der Waals surface area contributed by atoms with Gasteiger partial charge in [0.25, 0.3) is 5.91 Å². The van der Waals surface area contributed by atoms with Crippen LogP contribution in [0, 0.1) is 18.3 Å². The van der Waals surface area contributed by atoms with Gasteiger partial charge in [-0.05, 0) is 85.5 Å². The summed E-state index contributed by atoms with van der Waals surface area (Å²) >= 11 is 0. The molecule has 4 aromatic rings. The molecule has 2 aliphatic heterocycles. The zero-order valence-corrected chi connectivity index (χ0v) is 24.2. The van der Waals surface area contributed by atoms with Crippen molar-refractivity contribution in [2.24, 2.45) is 0 Å². The fraction of sp³-hybridized carbons (Fsp3) is 0.333. The van der Waals surface area contributed by atoms with Crippen LogP contribution in [-0.2, 0) is 17.7 Å². The Balaban J connectivity index is 1.07. The van der Waals surface area contributed by atoms with Gasteiger partial charge in [0.15, 0.2) is 5.76 Å². The van der Waals surface area contributed by atoms with Crippen LogP contribution in [0.5, 0.6) is 5.75 Å². The van der Waals surface area contributed by atoms with E-state index in [4.69, 9.17) is 24.1 Å². The number of carbonyl (C=O) groups excluding carboxylic acids is 1. The number of aryl methyl sites for hydroxylation is 1. The first-order valence-electron chi connectivity index (χ1n) is 14.6. The van der Waals surface area contributed by atoms with Gasteiger partial charge in [-0.3, -0.25) is 9.69 Å². The van der Waals surface area contributed by atoms with E-state index >= 15 is 0 Å². The number of hydrogen-bond donors (Lipinski definition) is 1. The van der Waals surface area contributed by atoms with E-state index in [1.54, 1.807) is 35.4 Å². The van der Waals surface area contributed by atoms with Crippen molar-refractivity contribution in [3.8, 4) is 23.3 Å². The number of rotatable bonds is 9. The molecule has 0 spiro atoms. The number of anilines is 2. The molecule has 2 aromatic heterocycles. The van der Waals surface area contributed by atoms with Crippen molar-refractivity contribution < 1.29 is 18.7 Å². The second kappa shape index (κ2) is 13.1. The molecule has 0 bridgehead atoms. The molecule has 6 rings (SSSR count). The molecule has 1 saturated heterocycles. The van der Waals surface area contributed by atoms with Crippen LogP contribution < -0.4 is 10.1 Å². The number of furan rings is 1. The second-order valence-electron chi connectivity index (χ2n) is 10.8. The van der Waals surface area contributed by atoms with Gasteiger partial charge < -0.3 is 24.1 Å². The molecule has 0 atom stereocenters. The Morgan fingerprint density at radius 1 is 1.09 bits per heavy atom. The molecule has 1 N–H and O–H groups in total. The number of ether oxygens (including phenoxy) is 2. The van der Waals surface area contributed by atoms with Crippen molar-refractivity contribution in [3.63, 3.8) is 0 Å². The number of nitrogens with one attached hydrogen (secondary N) is 1. The van der Waals surface area contributed by atoms with E-state index in [9.17, 15) is 4.79 Å². The maximum Gasteiger partial charge on any atom is 0.254 e. The largest absolute Gasteiger partial charge is 0.494 e. The van der Waals surface area contributed by atoms with Crippen molar-refractivity contribution in [1.82, 2.24) is 19.8 Å². The Bertz CT molecular complexity index is 1600. The summed E-state index contributed by atoms with van der Waals surface area (Å²) in [7, 11) is 0. The lowest BCUT2D eigenvalue weighted by atomic mass is 10.1. The monoisotopic (exact) mass is 578 g/mol. The van der Waals surface area contributed by atoms with Crippen molar-refractivity contribution in [1.29, 1.82) is 5.26 Å². The zero-order chi connectivity index (χ0) is 29.6. The van der Waals surface area contributed by atoms with Crippen LogP contribution in [0.25, 0.3) is 11.5 Å². The molecule has 2 aromatic carbocycles. The van der Waals surface area contributed by atoms with Crippen LogP contribution in [0.4, 0.5) is 11.6 Å².